The molecular formula is C14H7BrF3N3O8. The Balaban J connectivity index is 2.99. The number of nitro benzene ring substituents is 1. The number of ether oxygens (including phenoxy) is 1. The molecule has 5 N–H and O–H groups in total. The second-order valence-corrected chi connectivity index (χ2v) is 6.07. The number of halogens is 4. The molecule has 0 radical (unpaired) electrons. The van der Waals surface area contributed by atoms with Gasteiger partial charge in [0, 0.05) is 11.6 Å². The minimum Gasteiger partial charge on any atom is -0.478 e. The SMILES string of the molecule is Nc1[nH]c(=O)c(C(=O)O)c(-c2cc(Br)c(OC(F)(F)F)c([N+](=O)[O-])c2)c1C(=O)O. The lowest BCUT2D eigenvalue weighted by Crippen LogP contribution is -2.24. The van der Waals surface area contributed by atoms with Crippen LogP contribution in [0, 0.1) is 10.1 Å². The number of carboxylic acid groups (broad SMARTS) is 2. The van der Waals surface area contributed by atoms with Crippen molar-refractivity contribution >= 4 is 39.4 Å². The maximum absolute atomic E-state index is 12.6. The van der Waals surface area contributed by atoms with Crippen LogP contribution in [0.4, 0.5) is 24.7 Å². The third kappa shape index (κ3) is 4.29. The van der Waals surface area contributed by atoms with E-state index in [0.29, 0.717) is 6.07 Å². The second-order valence-electron chi connectivity index (χ2n) is 5.21. The number of nitro groups is 1. The first kappa shape index (κ1) is 21.7. The molecule has 154 valence electrons. The first-order valence-electron chi connectivity index (χ1n) is 7.01. The van der Waals surface area contributed by atoms with Crippen molar-refractivity contribution in [3.8, 4) is 16.9 Å². The Morgan fingerprint density at radius 1 is 1.21 bits per heavy atom. The quantitative estimate of drug-likeness (QED) is 0.367. The molecule has 2 rings (SSSR count). The molecule has 0 unspecified atom stereocenters. The van der Waals surface area contributed by atoms with Gasteiger partial charge in [0.05, 0.1) is 9.40 Å². The molecular weight excluding hydrogens is 475 g/mol. The number of aromatic amines is 1. The highest BCUT2D eigenvalue weighted by Gasteiger charge is 2.37. The molecule has 1 aromatic heterocycles. The largest absolute Gasteiger partial charge is 0.573 e. The van der Waals surface area contributed by atoms with Gasteiger partial charge in [-0.1, -0.05) is 0 Å². The number of rotatable bonds is 5. The number of H-pyrrole nitrogens is 1. The number of carbonyl (C=O) groups is 2. The summed E-state index contributed by atoms with van der Waals surface area (Å²) in [6.07, 6.45) is -5.30. The van der Waals surface area contributed by atoms with Crippen LogP contribution in [0.3, 0.4) is 0 Å². The molecule has 0 atom stereocenters. The molecule has 0 aliphatic heterocycles. The topological polar surface area (TPSA) is 186 Å². The predicted octanol–water partition coefficient (Wildman–Crippen LogP) is 2.59. The minimum atomic E-state index is -5.30. The van der Waals surface area contributed by atoms with Crippen LogP contribution in [-0.2, 0) is 0 Å². The number of pyridine rings is 1. The van der Waals surface area contributed by atoms with Gasteiger partial charge in [0.15, 0.2) is 0 Å². The minimum absolute atomic E-state index is 0.429. The Bertz CT molecular complexity index is 1110. The van der Waals surface area contributed by atoms with Crippen molar-refractivity contribution < 1.29 is 42.6 Å². The fraction of sp³-hybridized carbons (Fsp3) is 0.0714. The molecule has 0 aliphatic rings. The van der Waals surface area contributed by atoms with Crippen molar-refractivity contribution in [1.29, 1.82) is 0 Å². The lowest BCUT2D eigenvalue weighted by molar-refractivity contribution is -0.388. The number of nitrogens with zero attached hydrogens (tertiary/aromatic N) is 1. The van der Waals surface area contributed by atoms with Crippen LogP contribution in [0.15, 0.2) is 21.4 Å². The Kier molecular flexibility index (Phi) is 5.55. The van der Waals surface area contributed by atoms with Crippen LogP contribution in [0.5, 0.6) is 5.75 Å². The Morgan fingerprint density at radius 3 is 2.21 bits per heavy atom. The van der Waals surface area contributed by atoms with E-state index >= 15 is 0 Å². The third-order valence-corrected chi connectivity index (χ3v) is 3.99. The lowest BCUT2D eigenvalue weighted by Gasteiger charge is -2.15. The molecule has 1 aromatic carbocycles. The number of nitrogens with one attached hydrogen (secondary N) is 1. The number of nitrogens with two attached hydrogens (primary N) is 1. The van der Waals surface area contributed by atoms with E-state index in [4.69, 9.17) is 5.73 Å². The van der Waals surface area contributed by atoms with Gasteiger partial charge in [-0.05, 0) is 27.6 Å². The highest BCUT2D eigenvalue weighted by Crippen LogP contribution is 2.43. The number of benzene rings is 1. The van der Waals surface area contributed by atoms with Crippen LogP contribution < -0.4 is 16.0 Å². The zero-order valence-corrected chi connectivity index (χ0v) is 15.1. The first-order valence-corrected chi connectivity index (χ1v) is 7.80. The van der Waals surface area contributed by atoms with Crippen LogP contribution >= 0.6 is 15.9 Å². The summed E-state index contributed by atoms with van der Waals surface area (Å²) in [4.78, 5) is 46.8. The lowest BCUT2D eigenvalue weighted by atomic mass is 9.95. The zero-order chi connectivity index (χ0) is 22.3. The van der Waals surface area contributed by atoms with Gasteiger partial charge in [0.25, 0.3) is 5.56 Å². The highest BCUT2D eigenvalue weighted by atomic mass is 79.9. The van der Waals surface area contributed by atoms with Crippen LogP contribution in [-0.4, -0.2) is 38.4 Å². The summed E-state index contributed by atoms with van der Waals surface area (Å²) in [6, 6.07) is 1.15. The number of hydrogen-bond acceptors (Lipinski definition) is 7. The summed E-state index contributed by atoms with van der Waals surface area (Å²) in [6.45, 7) is 0. The summed E-state index contributed by atoms with van der Waals surface area (Å²) in [5.41, 5.74) is -0.656. The van der Waals surface area contributed by atoms with E-state index in [9.17, 15) is 47.9 Å². The van der Waals surface area contributed by atoms with Gasteiger partial charge in [0.2, 0.25) is 5.75 Å². The van der Waals surface area contributed by atoms with Gasteiger partial charge in [0.1, 0.15) is 16.9 Å². The average Bonchev–Trinajstić information content (AvgIpc) is 2.53. The smallest absolute Gasteiger partial charge is 0.478 e. The van der Waals surface area contributed by atoms with Crippen molar-refractivity contribution in [2.45, 2.75) is 6.36 Å². The average molecular weight is 482 g/mol. The van der Waals surface area contributed by atoms with Crippen molar-refractivity contribution in [1.82, 2.24) is 4.98 Å². The fourth-order valence-corrected chi connectivity index (χ4v) is 2.94. The molecule has 11 nitrogen and oxygen atoms in total. The Labute approximate surface area is 164 Å². The number of alkyl halides is 3. The summed E-state index contributed by atoms with van der Waals surface area (Å²) in [7, 11) is 0. The molecule has 0 fully saturated rings. The molecule has 0 aliphatic carbocycles. The standard InChI is InChI=1S/C14H7BrF3N3O8/c15-4-1-3(2-5(21(27)28)9(4)29-14(16,17)18)6-7(12(23)24)10(19)20-11(22)8(6)13(25)26/h1-2H,(H,23,24)(H,25,26)(H3,19,20,22). The molecule has 0 saturated heterocycles. The maximum atomic E-state index is 12.6. The van der Waals surface area contributed by atoms with Crippen LogP contribution in [0.1, 0.15) is 20.7 Å². The summed E-state index contributed by atoms with van der Waals surface area (Å²) >= 11 is 2.64. The highest BCUT2D eigenvalue weighted by molar-refractivity contribution is 9.10. The van der Waals surface area contributed by atoms with Gasteiger partial charge >= 0.3 is 24.0 Å². The molecule has 29 heavy (non-hydrogen) atoms. The molecule has 0 saturated carbocycles. The molecule has 0 amide bonds. The monoisotopic (exact) mass is 481 g/mol. The zero-order valence-electron chi connectivity index (χ0n) is 13.5. The fourth-order valence-electron chi connectivity index (χ4n) is 2.41. The molecule has 0 bridgehead atoms. The van der Waals surface area contributed by atoms with Crippen molar-refractivity contribution in [3.63, 3.8) is 0 Å². The van der Waals surface area contributed by atoms with Gasteiger partial charge in [-0.3, -0.25) is 14.9 Å². The van der Waals surface area contributed by atoms with Crippen LogP contribution in [0.2, 0.25) is 0 Å². The van der Waals surface area contributed by atoms with Crippen LogP contribution in [0.25, 0.3) is 11.1 Å². The number of carboxylic acids is 2. The first-order chi connectivity index (χ1) is 13.2. The van der Waals surface area contributed by atoms with E-state index < -0.39 is 72.8 Å². The maximum Gasteiger partial charge on any atom is 0.573 e. The van der Waals surface area contributed by atoms with E-state index in [1.807, 2.05) is 4.98 Å². The molecule has 0 spiro atoms. The number of anilines is 1. The second kappa shape index (κ2) is 7.42. The summed E-state index contributed by atoms with van der Waals surface area (Å²) in [5.74, 6) is -5.74. The molecule has 15 heteroatoms. The number of aromatic carboxylic acids is 2. The summed E-state index contributed by atoms with van der Waals surface area (Å²) < 4.78 is 40.6. The Morgan fingerprint density at radius 2 is 1.76 bits per heavy atom. The predicted molar refractivity (Wildman–Crippen MR) is 91.9 cm³/mol. The Hall–Kier alpha value is -3.62. The number of aromatic nitrogens is 1. The van der Waals surface area contributed by atoms with E-state index in [-0.39, 0.29) is 0 Å². The van der Waals surface area contributed by atoms with Gasteiger partial charge in [-0.2, -0.15) is 0 Å². The van der Waals surface area contributed by atoms with Crippen molar-refractivity contribution in [3.05, 3.63) is 48.2 Å². The van der Waals surface area contributed by atoms with E-state index in [2.05, 4.69) is 20.7 Å². The normalized spacial score (nSPS) is 11.2. The molecule has 2 aromatic rings. The number of hydrogen-bond donors (Lipinski definition) is 4. The van der Waals surface area contributed by atoms with E-state index in [0.717, 1.165) is 6.07 Å². The summed E-state index contributed by atoms with van der Waals surface area (Å²) in [5, 5.41) is 29.9. The van der Waals surface area contributed by atoms with Crippen molar-refractivity contribution in [2.24, 2.45) is 0 Å². The van der Waals surface area contributed by atoms with E-state index in [1.54, 1.807) is 0 Å². The molecule has 1 heterocycles. The number of nitrogen functional groups attached to an aromatic ring is 1. The van der Waals surface area contributed by atoms with Gasteiger partial charge in [-0.25, -0.2) is 9.59 Å². The van der Waals surface area contributed by atoms with Crippen molar-refractivity contribution in [2.75, 3.05) is 5.73 Å². The van der Waals surface area contributed by atoms with E-state index in [1.165, 1.54) is 0 Å². The van der Waals surface area contributed by atoms with Gasteiger partial charge < -0.3 is 25.7 Å². The third-order valence-electron chi connectivity index (χ3n) is 3.40. The van der Waals surface area contributed by atoms with Gasteiger partial charge in [-0.15, -0.1) is 13.2 Å².